The summed E-state index contributed by atoms with van der Waals surface area (Å²) in [5.74, 6) is -0.413. The molecule has 0 aromatic carbocycles. The Morgan fingerprint density at radius 3 is 2.82 bits per heavy atom. The van der Waals surface area contributed by atoms with Gasteiger partial charge in [-0.3, -0.25) is 9.59 Å². The maximum absolute atomic E-state index is 10.4. The van der Waals surface area contributed by atoms with E-state index < -0.39 is 5.91 Å². The number of hydrogen-bond donors (Lipinski definition) is 2. The number of amides is 1. The first-order valence-corrected chi connectivity index (χ1v) is 3.13. The molecule has 0 bridgehead atoms. The van der Waals surface area contributed by atoms with E-state index in [4.69, 9.17) is 5.73 Å². The predicted octanol–water partition coefficient (Wildman–Crippen LogP) is -0.145. The largest absolute Gasteiger partial charge is 0.369 e. The zero-order valence-electron chi connectivity index (χ0n) is 5.83. The van der Waals surface area contributed by atoms with Crippen LogP contribution in [0, 0.1) is 0 Å². The summed E-state index contributed by atoms with van der Waals surface area (Å²) < 4.78 is 0. The fraction of sp³-hybridized carbons (Fsp3) is 0.143. The molecule has 3 N–H and O–H groups in total. The van der Waals surface area contributed by atoms with Crippen molar-refractivity contribution >= 4 is 12.2 Å². The summed E-state index contributed by atoms with van der Waals surface area (Å²) in [4.78, 5) is 23.3. The predicted molar refractivity (Wildman–Crippen MR) is 39.1 cm³/mol. The highest BCUT2D eigenvalue weighted by Crippen LogP contribution is 1.99. The van der Waals surface area contributed by atoms with Crippen LogP contribution >= 0.6 is 0 Å². The van der Waals surface area contributed by atoms with Gasteiger partial charge in [0.05, 0.1) is 12.1 Å². The van der Waals surface area contributed by atoms with Crippen molar-refractivity contribution in [3.8, 4) is 0 Å². The minimum Gasteiger partial charge on any atom is -0.369 e. The van der Waals surface area contributed by atoms with Gasteiger partial charge in [0.2, 0.25) is 5.91 Å². The van der Waals surface area contributed by atoms with E-state index in [-0.39, 0.29) is 6.42 Å². The molecular formula is C7H8N2O2. The number of H-pyrrole nitrogens is 1. The quantitative estimate of drug-likeness (QED) is 0.591. The van der Waals surface area contributed by atoms with Crippen LogP contribution in [0.5, 0.6) is 0 Å². The molecule has 58 valence electrons. The molecule has 0 aliphatic rings. The average Bonchev–Trinajstić information content (AvgIpc) is 2.34. The zero-order valence-corrected chi connectivity index (χ0v) is 5.83. The van der Waals surface area contributed by atoms with Crippen LogP contribution in [0.3, 0.4) is 0 Å². The number of aldehydes is 1. The SMILES string of the molecule is NC(=O)Cc1ccc(C=O)[nH]1. The number of aromatic amines is 1. The van der Waals surface area contributed by atoms with E-state index in [0.29, 0.717) is 17.7 Å². The molecule has 1 rings (SSSR count). The van der Waals surface area contributed by atoms with Gasteiger partial charge in [-0.1, -0.05) is 0 Å². The van der Waals surface area contributed by atoms with Gasteiger partial charge >= 0.3 is 0 Å². The van der Waals surface area contributed by atoms with Crippen LogP contribution in [0.1, 0.15) is 16.2 Å². The fourth-order valence-corrected chi connectivity index (χ4v) is 0.819. The molecule has 0 unspecified atom stereocenters. The number of carbonyl (C=O) groups excluding carboxylic acids is 2. The lowest BCUT2D eigenvalue weighted by Crippen LogP contribution is -2.13. The Balaban J connectivity index is 2.72. The summed E-state index contributed by atoms with van der Waals surface area (Å²) in [6.07, 6.45) is 0.832. The van der Waals surface area contributed by atoms with Crippen molar-refractivity contribution in [2.45, 2.75) is 6.42 Å². The van der Waals surface area contributed by atoms with E-state index in [1.807, 2.05) is 0 Å². The van der Waals surface area contributed by atoms with Crippen LogP contribution in [0.15, 0.2) is 12.1 Å². The Bertz CT molecular complexity index is 278. The van der Waals surface area contributed by atoms with E-state index >= 15 is 0 Å². The summed E-state index contributed by atoms with van der Waals surface area (Å²) in [6, 6.07) is 3.26. The summed E-state index contributed by atoms with van der Waals surface area (Å²) in [5, 5.41) is 0. The van der Waals surface area contributed by atoms with Crippen molar-refractivity contribution in [2.75, 3.05) is 0 Å². The van der Waals surface area contributed by atoms with Crippen LogP contribution in [-0.2, 0) is 11.2 Å². The van der Waals surface area contributed by atoms with E-state index in [1.54, 1.807) is 12.1 Å². The second-order valence-corrected chi connectivity index (χ2v) is 2.20. The first-order chi connectivity index (χ1) is 5.22. The van der Waals surface area contributed by atoms with Gasteiger partial charge in [0.25, 0.3) is 0 Å². The van der Waals surface area contributed by atoms with Crippen LogP contribution in [0.4, 0.5) is 0 Å². The van der Waals surface area contributed by atoms with Crippen LogP contribution in [0.25, 0.3) is 0 Å². The molecule has 4 nitrogen and oxygen atoms in total. The highest BCUT2D eigenvalue weighted by Gasteiger charge is 2.00. The van der Waals surface area contributed by atoms with Gasteiger partial charge in [-0.15, -0.1) is 0 Å². The molecule has 0 spiro atoms. The second-order valence-electron chi connectivity index (χ2n) is 2.20. The number of nitrogens with two attached hydrogens (primary N) is 1. The summed E-state index contributed by atoms with van der Waals surface area (Å²) in [6.45, 7) is 0. The Kier molecular flexibility index (Phi) is 2.06. The van der Waals surface area contributed by atoms with Gasteiger partial charge in [-0.25, -0.2) is 0 Å². The lowest BCUT2D eigenvalue weighted by atomic mass is 10.3. The first-order valence-electron chi connectivity index (χ1n) is 3.13. The third kappa shape index (κ3) is 1.93. The van der Waals surface area contributed by atoms with Crippen LogP contribution < -0.4 is 5.73 Å². The van der Waals surface area contributed by atoms with E-state index in [1.165, 1.54) is 0 Å². The van der Waals surface area contributed by atoms with Crippen molar-refractivity contribution in [2.24, 2.45) is 5.73 Å². The third-order valence-electron chi connectivity index (χ3n) is 1.26. The maximum Gasteiger partial charge on any atom is 0.223 e. The number of rotatable bonds is 3. The van der Waals surface area contributed by atoms with Crippen LogP contribution in [-0.4, -0.2) is 17.2 Å². The molecule has 1 aromatic heterocycles. The lowest BCUT2D eigenvalue weighted by Gasteiger charge is -1.89. The smallest absolute Gasteiger partial charge is 0.223 e. The van der Waals surface area contributed by atoms with E-state index in [0.717, 1.165) is 0 Å². The molecule has 0 atom stereocenters. The zero-order chi connectivity index (χ0) is 8.27. The molecular weight excluding hydrogens is 144 g/mol. The number of aromatic nitrogens is 1. The molecule has 0 saturated heterocycles. The van der Waals surface area contributed by atoms with Crippen molar-refractivity contribution < 1.29 is 9.59 Å². The highest BCUT2D eigenvalue weighted by atomic mass is 16.1. The molecule has 1 aromatic rings. The molecule has 0 aliphatic heterocycles. The Morgan fingerprint density at radius 2 is 2.36 bits per heavy atom. The van der Waals surface area contributed by atoms with Crippen LogP contribution in [0.2, 0.25) is 0 Å². The first kappa shape index (κ1) is 7.53. The monoisotopic (exact) mass is 152 g/mol. The summed E-state index contributed by atoms with van der Waals surface area (Å²) in [7, 11) is 0. The molecule has 0 radical (unpaired) electrons. The standard InChI is InChI=1S/C7H8N2O2/c8-7(11)3-5-1-2-6(4-10)9-5/h1-2,4,9H,3H2,(H2,8,11). The van der Waals surface area contributed by atoms with Gasteiger partial charge in [-0.2, -0.15) is 0 Å². The normalized spacial score (nSPS) is 9.45. The van der Waals surface area contributed by atoms with E-state index in [2.05, 4.69) is 4.98 Å². The van der Waals surface area contributed by atoms with Gasteiger partial charge in [-0.05, 0) is 12.1 Å². The van der Waals surface area contributed by atoms with E-state index in [9.17, 15) is 9.59 Å². The molecule has 0 aliphatic carbocycles. The maximum atomic E-state index is 10.4. The summed E-state index contributed by atoms with van der Waals surface area (Å²) in [5.41, 5.74) is 6.05. The molecule has 4 heteroatoms. The van der Waals surface area contributed by atoms with Crippen molar-refractivity contribution in [3.63, 3.8) is 0 Å². The van der Waals surface area contributed by atoms with Gasteiger partial charge < -0.3 is 10.7 Å². The molecule has 0 fully saturated rings. The summed E-state index contributed by atoms with van der Waals surface area (Å²) >= 11 is 0. The van der Waals surface area contributed by atoms with Crippen molar-refractivity contribution in [1.82, 2.24) is 4.98 Å². The number of primary amides is 1. The molecule has 11 heavy (non-hydrogen) atoms. The molecule has 1 amide bonds. The van der Waals surface area contributed by atoms with Crippen molar-refractivity contribution in [3.05, 3.63) is 23.5 Å². The van der Waals surface area contributed by atoms with Gasteiger partial charge in [0, 0.05) is 5.69 Å². The molecule has 1 heterocycles. The van der Waals surface area contributed by atoms with Gasteiger partial charge in [0.1, 0.15) is 0 Å². The number of hydrogen-bond acceptors (Lipinski definition) is 2. The Hall–Kier alpha value is -1.58. The van der Waals surface area contributed by atoms with Gasteiger partial charge in [0.15, 0.2) is 6.29 Å². The minimum atomic E-state index is -0.413. The Labute approximate surface area is 63.4 Å². The Morgan fingerprint density at radius 1 is 1.64 bits per heavy atom. The number of nitrogens with one attached hydrogen (secondary N) is 1. The number of carbonyl (C=O) groups is 2. The lowest BCUT2D eigenvalue weighted by molar-refractivity contribution is -0.117. The van der Waals surface area contributed by atoms with Crippen molar-refractivity contribution in [1.29, 1.82) is 0 Å². The minimum absolute atomic E-state index is 0.147. The second kappa shape index (κ2) is 3.01. The third-order valence-corrected chi connectivity index (χ3v) is 1.26. The fourth-order valence-electron chi connectivity index (χ4n) is 0.819. The molecule has 0 saturated carbocycles. The topological polar surface area (TPSA) is 76.0 Å². The average molecular weight is 152 g/mol. The highest BCUT2D eigenvalue weighted by molar-refractivity contribution is 5.77.